The molecule has 14 aromatic rings. The van der Waals surface area contributed by atoms with E-state index in [9.17, 15) is 0 Å². The molecular weight excluding hydrogens is 765 g/mol. The lowest BCUT2D eigenvalue weighted by molar-refractivity contribution is 0.668. The predicted molar refractivity (Wildman–Crippen MR) is 250 cm³/mol. The van der Waals surface area contributed by atoms with E-state index in [1.54, 1.807) is 0 Å². The molecule has 0 aliphatic rings. The first-order chi connectivity index (χ1) is 30.7. The fourth-order valence-corrected chi connectivity index (χ4v) is 9.56. The van der Waals surface area contributed by atoms with Crippen LogP contribution in [0.4, 0.5) is 0 Å². The summed E-state index contributed by atoms with van der Waals surface area (Å²) < 4.78 is 21.5. The molecule has 0 aliphatic carbocycles. The Kier molecular flexibility index (Phi) is 6.71. The highest BCUT2D eigenvalue weighted by Crippen LogP contribution is 2.42. The van der Waals surface area contributed by atoms with Crippen LogP contribution in [0.1, 0.15) is 0 Å². The van der Waals surface area contributed by atoms with Crippen LogP contribution in [-0.2, 0) is 0 Å². The highest BCUT2D eigenvalue weighted by atomic mass is 16.3. The predicted octanol–water partition coefficient (Wildman–Crippen LogP) is 14.8. The van der Waals surface area contributed by atoms with Gasteiger partial charge >= 0.3 is 0 Å². The molecule has 7 heteroatoms. The minimum atomic E-state index is 0.531. The van der Waals surface area contributed by atoms with Gasteiger partial charge in [0, 0.05) is 65.8 Å². The number of para-hydroxylation sites is 4. The van der Waals surface area contributed by atoms with E-state index in [1.807, 2.05) is 78.9 Å². The highest BCUT2D eigenvalue weighted by molar-refractivity contribution is 6.16. The second-order valence-electron chi connectivity index (χ2n) is 16.0. The lowest BCUT2D eigenvalue weighted by Gasteiger charge is -2.13. The van der Waals surface area contributed by atoms with Gasteiger partial charge in [-0.05, 0) is 89.6 Å². The highest BCUT2D eigenvalue weighted by Gasteiger charge is 2.23. The maximum absolute atomic E-state index is 6.73. The summed E-state index contributed by atoms with van der Waals surface area (Å²) in [6.45, 7) is 0. The summed E-state index contributed by atoms with van der Waals surface area (Å²) in [5, 5.41) is 10.7. The van der Waals surface area contributed by atoms with Crippen molar-refractivity contribution in [2.24, 2.45) is 0 Å². The van der Waals surface area contributed by atoms with Gasteiger partial charge < -0.3 is 17.8 Å². The molecule has 0 spiro atoms. The number of aromatic nitrogens is 4. The van der Waals surface area contributed by atoms with Crippen LogP contribution in [0.2, 0.25) is 0 Å². The van der Waals surface area contributed by atoms with Crippen LogP contribution in [0.15, 0.2) is 195 Å². The van der Waals surface area contributed by atoms with Crippen molar-refractivity contribution in [1.82, 2.24) is 19.5 Å². The van der Waals surface area contributed by atoms with Gasteiger partial charge in [-0.15, -0.1) is 0 Å². The van der Waals surface area contributed by atoms with E-state index in [4.69, 9.17) is 28.2 Å². The number of benzene rings is 9. The van der Waals surface area contributed by atoms with Crippen molar-refractivity contribution in [2.75, 3.05) is 0 Å². The monoisotopic (exact) mass is 794 g/mol. The van der Waals surface area contributed by atoms with Crippen LogP contribution in [0.3, 0.4) is 0 Å². The second-order valence-corrected chi connectivity index (χ2v) is 16.0. The normalized spacial score (nSPS) is 12.2. The molecule has 7 nitrogen and oxygen atoms in total. The average Bonchev–Trinajstić information content (AvgIpc) is 4.08. The number of hydrogen-bond donors (Lipinski definition) is 0. The standard InChI is InChI=1S/C55H30N4O3/c1-2-12-32-28-45-40(25-31(32)11-1)36-13-3-7-17-44(36)59(45)35-29-43(52-39-16-6-10-20-48(39)62-51(52)30-35)55-57-53(33-21-23-49-41(26-33)37-14-4-8-18-46(37)60-49)56-54(58-55)34-22-24-50-42(27-34)38-15-5-9-19-47(38)61-50/h1-30H. The summed E-state index contributed by atoms with van der Waals surface area (Å²) in [7, 11) is 0. The van der Waals surface area contributed by atoms with Crippen LogP contribution < -0.4 is 0 Å². The number of furan rings is 3. The molecule has 0 radical (unpaired) electrons. The first-order valence-electron chi connectivity index (χ1n) is 20.7. The van der Waals surface area contributed by atoms with Crippen LogP contribution in [0.5, 0.6) is 0 Å². The van der Waals surface area contributed by atoms with Gasteiger partial charge in [-0.1, -0.05) is 97.1 Å². The van der Waals surface area contributed by atoms with Crippen LogP contribution in [0, 0.1) is 0 Å². The zero-order valence-electron chi connectivity index (χ0n) is 32.8. The van der Waals surface area contributed by atoms with Crippen molar-refractivity contribution in [3.8, 4) is 39.9 Å². The molecule has 0 fully saturated rings. The van der Waals surface area contributed by atoms with E-state index in [1.165, 1.54) is 21.5 Å². The summed E-state index contributed by atoms with van der Waals surface area (Å²) in [5.74, 6) is 1.62. The molecule has 0 bridgehead atoms. The average molecular weight is 795 g/mol. The first-order valence-corrected chi connectivity index (χ1v) is 20.7. The van der Waals surface area contributed by atoms with Gasteiger partial charge in [0.05, 0.1) is 16.7 Å². The lowest BCUT2D eigenvalue weighted by Crippen LogP contribution is -2.02. The molecule has 5 aromatic heterocycles. The third kappa shape index (κ3) is 4.84. The Balaban J connectivity index is 1.07. The van der Waals surface area contributed by atoms with E-state index in [2.05, 4.69) is 108 Å². The summed E-state index contributed by atoms with van der Waals surface area (Å²) >= 11 is 0. The smallest absolute Gasteiger partial charge is 0.164 e. The van der Waals surface area contributed by atoms with Crippen molar-refractivity contribution >= 4 is 98.4 Å². The van der Waals surface area contributed by atoms with Gasteiger partial charge in [0.2, 0.25) is 0 Å². The molecule has 0 atom stereocenters. The third-order valence-electron chi connectivity index (χ3n) is 12.4. The zero-order chi connectivity index (χ0) is 40.5. The number of hydrogen-bond acceptors (Lipinski definition) is 6. The Morgan fingerprint density at radius 3 is 1.48 bits per heavy atom. The van der Waals surface area contributed by atoms with Gasteiger partial charge in [0.25, 0.3) is 0 Å². The van der Waals surface area contributed by atoms with Crippen molar-refractivity contribution in [2.45, 2.75) is 0 Å². The molecule has 14 rings (SSSR count). The number of nitrogens with zero attached hydrogens (tertiary/aromatic N) is 4. The second kappa shape index (κ2) is 12.5. The molecular formula is C55H30N4O3. The topological polar surface area (TPSA) is 83.0 Å². The number of fused-ring (bicyclic) bond motifs is 13. The fraction of sp³-hybridized carbons (Fsp3) is 0. The van der Waals surface area contributed by atoms with E-state index >= 15 is 0 Å². The minimum absolute atomic E-state index is 0.531. The first kappa shape index (κ1) is 33.3. The zero-order valence-corrected chi connectivity index (χ0v) is 32.8. The van der Waals surface area contributed by atoms with Gasteiger partial charge in [-0.2, -0.15) is 0 Å². The Labute approximate surface area is 351 Å². The van der Waals surface area contributed by atoms with E-state index in [0.29, 0.717) is 17.5 Å². The van der Waals surface area contributed by atoms with Gasteiger partial charge in [-0.25, -0.2) is 15.0 Å². The molecule has 0 aliphatic heterocycles. The molecule has 62 heavy (non-hydrogen) atoms. The van der Waals surface area contributed by atoms with Crippen molar-refractivity contribution < 1.29 is 13.3 Å². The quantitative estimate of drug-likeness (QED) is 0.176. The molecule has 288 valence electrons. The molecule has 0 amide bonds. The van der Waals surface area contributed by atoms with E-state index in [0.717, 1.165) is 99.2 Å². The summed E-state index contributed by atoms with van der Waals surface area (Å²) in [6, 6.07) is 62.8. The molecule has 0 unspecified atom stereocenters. The Hall–Kier alpha value is -8.55. The summed E-state index contributed by atoms with van der Waals surface area (Å²) in [5.41, 5.74) is 10.5. The largest absolute Gasteiger partial charge is 0.456 e. The van der Waals surface area contributed by atoms with Crippen LogP contribution in [0.25, 0.3) is 138 Å². The third-order valence-corrected chi connectivity index (χ3v) is 12.4. The molecule has 9 aromatic carbocycles. The van der Waals surface area contributed by atoms with Gasteiger partial charge in [-0.3, -0.25) is 0 Å². The fourth-order valence-electron chi connectivity index (χ4n) is 9.56. The Bertz CT molecular complexity index is 4060. The maximum atomic E-state index is 6.73. The number of rotatable bonds is 4. The molecule has 0 N–H and O–H groups in total. The minimum Gasteiger partial charge on any atom is -0.456 e. The molecule has 0 saturated carbocycles. The van der Waals surface area contributed by atoms with Crippen LogP contribution >= 0.6 is 0 Å². The van der Waals surface area contributed by atoms with E-state index in [-0.39, 0.29) is 0 Å². The summed E-state index contributed by atoms with van der Waals surface area (Å²) in [6.07, 6.45) is 0. The summed E-state index contributed by atoms with van der Waals surface area (Å²) in [4.78, 5) is 16.0. The maximum Gasteiger partial charge on any atom is 0.164 e. The molecule has 0 saturated heterocycles. The Morgan fingerprint density at radius 2 is 0.823 bits per heavy atom. The SMILES string of the molecule is c1ccc2cc3c(cc2c1)c1ccccc1n3-c1cc(-c2nc(-c3ccc4oc5ccccc5c4c3)nc(-c3ccc4oc5ccccc5c4c3)n2)c2c(c1)oc1ccccc12. The van der Waals surface area contributed by atoms with E-state index < -0.39 is 0 Å². The van der Waals surface area contributed by atoms with Gasteiger partial charge in [0.1, 0.15) is 33.5 Å². The molecule has 5 heterocycles. The van der Waals surface area contributed by atoms with Crippen LogP contribution in [-0.4, -0.2) is 19.5 Å². The van der Waals surface area contributed by atoms with Crippen molar-refractivity contribution in [3.05, 3.63) is 182 Å². The van der Waals surface area contributed by atoms with Crippen molar-refractivity contribution in [1.29, 1.82) is 0 Å². The lowest BCUT2D eigenvalue weighted by atomic mass is 10.0. The van der Waals surface area contributed by atoms with Crippen molar-refractivity contribution in [3.63, 3.8) is 0 Å². The Morgan fingerprint density at radius 1 is 0.323 bits per heavy atom. The van der Waals surface area contributed by atoms with Gasteiger partial charge in [0.15, 0.2) is 17.5 Å².